The average molecular weight is 516 g/mol. The number of ether oxygens (including phenoxy) is 2. The van der Waals surface area contributed by atoms with E-state index in [1.807, 2.05) is 18.3 Å². The van der Waals surface area contributed by atoms with Gasteiger partial charge < -0.3 is 14.0 Å². The Kier molecular flexibility index (Phi) is 6.49. The van der Waals surface area contributed by atoms with Gasteiger partial charge in [-0.2, -0.15) is 5.10 Å². The Hall–Kier alpha value is -4.82. The molecule has 1 N–H and O–H groups in total. The molecule has 3 heterocycles. The van der Waals surface area contributed by atoms with E-state index in [0.717, 1.165) is 5.56 Å². The first kappa shape index (κ1) is 23.9. The minimum Gasteiger partial charge on any atom is -0.496 e. The molecule has 11 heteroatoms. The first-order chi connectivity index (χ1) is 18.0. The molecule has 0 saturated heterocycles. The fourth-order valence-corrected chi connectivity index (χ4v) is 4.92. The second-order valence-corrected chi connectivity index (χ2v) is 9.52. The summed E-state index contributed by atoms with van der Waals surface area (Å²) in [6.07, 6.45) is 6.79. The molecule has 3 aromatic heterocycles. The third-order valence-corrected chi connectivity index (χ3v) is 6.78. The molecule has 5 aromatic rings. The number of methoxy groups -OCH3 is 2. The smallest absolute Gasteiger partial charge is 0.266 e. The van der Waals surface area contributed by atoms with Gasteiger partial charge in [0.1, 0.15) is 21.8 Å². The van der Waals surface area contributed by atoms with E-state index in [2.05, 4.69) is 31.8 Å². The van der Waals surface area contributed by atoms with Gasteiger partial charge in [-0.1, -0.05) is 17.0 Å². The predicted molar refractivity (Wildman–Crippen MR) is 136 cm³/mol. The minimum absolute atomic E-state index is 0.00797. The van der Waals surface area contributed by atoms with Crippen LogP contribution in [0.1, 0.15) is 16.7 Å². The number of aromatic nitrogens is 4. The number of hydrogen-bond acceptors (Lipinski definition) is 8. The fourth-order valence-electron chi connectivity index (χ4n) is 3.72. The van der Waals surface area contributed by atoms with Gasteiger partial charge in [-0.05, 0) is 54.1 Å². The van der Waals surface area contributed by atoms with Gasteiger partial charge in [0.25, 0.3) is 10.0 Å². The average Bonchev–Trinajstić information content (AvgIpc) is 3.57. The lowest BCUT2D eigenvalue weighted by Gasteiger charge is -2.11. The standard InChI is InChI=1S/C26H21N5O5S/c1-34-21-9-8-18(6-7-19-5-3-10-27-16-19)15-24(21)37(32,33)30-26-25-22(35-2)13-20(14-23(25)36-29-26)17-31-12-4-11-28-31/h3-5,8-16H,17H2,1-2H3,(H,29,30). The highest BCUT2D eigenvalue weighted by Crippen LogP contribution is 2.36. The van der Waals surface area contributed by atoms with E-state index in [1.54, 1.807) is 53.6 Å². The lowest BCUT2D eigenvalue weighted by molar-refractivity contribution is 0.403. The van der Waals surface area contributed by atoms with Crippen molar-refractivity contribution in [1.29, 1.82) is 0 Å². The van der Waals surface area contributed by atoms with Gasteiger partial charge in [0.05, 0.1) is 20.8 Å². The van der Waals surface area contributed by atoms with Crippen LogP contribution in [-0.4, -0.2) is 42.6 Å². The van der Waals surface area contributed by atoms with E-state index in [1.165, 1.54) is 20.3 Å². The second-order valence-electron chi connectivity index (χ2n) is 7.87. The van der Waals surface area contributed by atoms with Gasteiger partial charge in [-0.15, -0.1) is 0 Å². The first-order valence-electron chi connectivity index (χ1n) is 11.0. The third-order valence-electron chi connectivity index (χ3n) is 5.42. The Morgan fingerprint density at radius 1 is 1.00 bits per heavy atom. The maximum atomic E-state index is 13.4. The van der Waals surface area contributed by atoms with Crippen molar-refractivity contribution >= 4 is 26.8 Å². The van der Waals surface area contributed by atoms with Crippen LogP contribution in [0.2, 0.25) is 0 Å². The molecule has 0 amide bonds. The summed E-state index contributed by atoms with van der Waals surface area (Å²) in [5.74, 6) is 6.47. The van der Waals surface area contributed by atoms with Crippen molar-refractivity contribution in [2.75, 3.05) is 18.9 Å². The molecule has 2 aromatic carbocycles. The zero-order valence-corrected chi connectivity index (χ0v) is 20.7. The van der Waals surface area contributed by atoms with Crippen molar-refractivity contribution in [2.24, 2.45) is 0 Å². The highest BCUT2D eigenvalue weighted by Gasteiger charge is 2.25. The summed E-state index contributed by atoms with van der Waals surface area (Å²) in [6.45, 7) is 0.477. The summed E-state index contributed by atoms with van der Waals surface area (Å²) in [7, 11) is -1.26. The normalized spacial score (nSPS) is 11.1. The highest BCUT2D eigenvalue weighted by molar-refractivity contribution is 7.92. The quantitative estimate of drug-likeness (QED) is 0.326. The summed E-state index contributed by atoms with van der Waals surface area (Å²) in [4.78, 5) is 3.93. The van der Waals surface area contributed by atoms with Crippen molar-refractivity contribution in [3.8, 4) is 23.3 Å². The number of hydrogen-bond donors (Lipinski definition) is 1. The number of anilines is 1. The van der Waals surface area contributed by atoms with E-state index >= 15 is 0 Å². The minimum atomic E-state index is -4.15. The van der Waals surface area contributed by atoms with E-state index in [-0.39, 0.29) is 16.5 Å². The van der Waals surface area contributed by atoms with Gasteiger partial charge in [0.15, 0.2) is 11.4 Å². The number of nitrogens with one attached hydrogen (secondary N) is 1. The predicted octanol–water partition coefficient (Wildman–Crippen LogP) is 3.69. The molecular formula is C26H21N5O5S. The molecule has 10 nitrogen and oxygen atoms in total. The van der Waals surface area contributed by atoms with Gasteiger partial charge >= 0.3 is 0 Å². The van der Waals surface area contributed by atoms with Crippen molar-refractivity contribution in [2.45, 2.75) is 11.4 Å². The Labute approximate surface area is 212 Å². The van der Waals surface area contributed by atoms with E-state index in [0.29, 0.717) is 34.4 Å². The molecule has 186 valence electrons. The van der Waals surface area contributed by atoms with Crippen molar-refractivity contribution in [1.82, 2.24) is 19.9 Å². The molecule has 0 aliphatic rings. The zero-order chi connectivity index (χ0) is 25.8. The van der Waals surface area contributed by atoms with Crippen LogP contribution in [-0.2, 0) is 16.6 Å². The van der Waals surface area contributed by atoms with Crippen molar-refractivity contribution in [3.63, 3.8) is 0 Å². The number of rotatable bonds is 7. The van der Waals surface area contributed by atoms with Crippen molar-refractivity contribution in [3.05, 3.63) is 90.0 Å². The van der Waals surface area contributed by atoms with Crippen LogP contribution in [0.4, 0.5) is 5.82 Å². The van der Waals surface area contributed by atoms with E-state index < -0.39 is 10.0 Å². The molecule has 5 rings (SSSR count). The number of fused-ring (bicyclic) bond motifs is 1. The number of nitrogens with zero attached hydrogens (tertiary/aromatic N) is 4. The molecule has 0 radical (unpaired) electrons. The summed E-state index contributed by atoms with van der Waals surface area (Å²) < 4.78 is 47.4. The van der Waals surface area contributed by atoms with Gasteiger partial charge in [-0.3, -0.25) is 14.4 Å². The number of sulfonamides is 1. The molecule has 0 fully saturated rings. The molecular weight excluding hydrogens is 494 g/mol. The Balaban J connectivity index is 1.49. The monoisotopic (exact) mass is 515 g/mol. The summed E-state index contributed by atoms with van der Waals surface area (Å²) in [5, 5.41) is 8.56. The molecule has 0 aliphatic carbocycles. The maximum Gasteiger partial charge on any atom is 0.266 e. The number of pyridine rings is 1. The Morgan fingerprint density at radius 2 is 1.84 bits per heavy atom. The fraction of sp³-hybridized carbons (Fsp3) is 0.115. The summed E-state index contributed by atoms with van der Waals surface area (Å²) >= 11 is 0. The number of benzene rings is 2. The lowest BCUT2D eigenvalue weighted by Crippen LogP contribution is -2.15. The van der Waals surface area contributed by atoms with Crippen LogP contribution in [0, 0.1) is 11.8 Å². The SMILES string of the molecule is COc1ccc(C#Cc2cccnc2)cc1S(=O)(=O)Nc1noc2cc(Cn3cccn3)cc(OC)c12. The van der Waals surface area contributed by atoms with Crippen LogP contribution >= 0.6 is 0 Å². The summed E-state index contributed by atoms with van der Waals surface area (Å²) in [5.41, 5.74) is 2.40. The summed E-state index contributed by atoms with van der Waals surface area (Å²) in [6, 6.07) is 13.6. The molecule has 0 atom stereocenters. The van der Waals surface area contributed by atoms with E-state index in [4.69, 9.17) is 14.0 Å². The largest absolute Gasteiger partial charge is 0.496 e. The molecule has 0 unspecified atom stereocenters. The topological polar surface area (TPSA) is 121 Å². The molecule has 0 spiro atoms. The second kappa shape index (κ2) is 10.0. The molecule has 0 saturated carbocycles. The lowest BCUT2D eigenvalue weighted by atomic mass is 10.1. The maximum absolute atomic E-state index is 13.4. The van der Waals surface area contributed by atoms with Gasteiger partial charge in [0.2, 0.25) is 0 Å². The van der Waals surface area contributed by atoms with Crippen LogP contribution in [0.25, 0.3) is 11.0 Å². The van der Waals surface area contributed by atoms with Crippen LogP contribution < -0.4 is 14.2 Å². The Morgan fingerprint density at radius 3 is 2.57 bits per heavy atom. The van der Waals surface area contributed by atoms with Crippen LogP contribution in [0.5, 0.6) is 11.5 Å². The molecule has 37 heavy (non-hydrogen) atoms. The Bertz CT molecular complexity index is 1720. The first-order valence-corrected chi connectivity index (χ1v) is 12.5. The van der Waals surface area contributed by atoms with Crippen LogP contribution in [0.15, 0.2) is 82.7 Å². The third kappa shape index (κ3) is 5.10. The molecule has 0 aliphatic heterocycles. The highest BCUT2D eigenvalue weighted by atomic mass is 32.2. The zero-order valence-electron chi connectivity index (χ0n) is 19.9. The molecule has 0 bridgehead atoms. The van der Waals surface area contributed by atoms with Crippen molar-refractivity contribution < 1.29 is 22.4 Å². The van der Waals surface area contributed by atoms with E-state index in [9.17, 15) is 8.42 Å². The van der Waals surface area contributed by atoms with Crippen LogP contribution in [0.3, 0.4) is 0 Å². The van der Waals surface area contributed by atoms with Gasteiger partial charge in [0, 0.05) is 35.9 Å². The van der Waals surface area contributed by atoms with Gasteiger partial charge in [-0.25, -0.2) is 8.42 Å².